The Balaban J connectivity index is 2.08. The molecular weight excluding hydrogens is 262 g/mol. The largest absolute Gasteiger partial charge is 0.481 e. The lowest BCUT2D eigenvalue weighted by Crippen LogP contribution is -2.43. The zero-order valence-electron chi connectivity index (χ0n) is 11.1. The first-order chi connectivity index (χ1) is 9.09. The zero-order valence-corrected chi connectivity index (χ0v) is 11.9. The number of amides is 1. The highest BCUT2D eigenvalue weighted by Gasteiger charge is 2.28. The Morgan fingerprint density at radius 1 is 1.47 bits per heavy atom. The van der Waals surface area contributed by atoms with Crippen LogP contribution in [0, 0.1) is 6.92 Å². The summed E-state index contributed by atoms with van der Waals surface area (Å²) in [4.78, 5) is 25.9. The SMILES string of the molecule is Cc1ccsc1C(=O)N1CCCCC1CCC(=O)O. The summed E-state index contributed by atoms with van der Waals surface area (Å²) in [6.07, 6.45) is 3.71. The summed E-state index contributed by atoms with van der Waals surface area (Å²) in [6, 6.07) is 2.03. The van der Waals surface area contributed by atoms with Gasteiger partial charge in [-0.3, -0.25) is 9.59 Å². The number of thiophene rings is 1. The molecule has 1 fully saturated rings. The maximum absolute atomic E-state index is 12.5. The molecule has 1 aliphatic heterocycles. The van der Waals surface area contributed by atoms with Crippen LogP contribution in [0.4, 0.5) is 0 Å². The molecule has 2 heterocycles. The predicted octanol–water partition coefficient (Wildman–Crippen LogP) is 2.92. The third kappa shape index (κ3) is 3.35. The Kier molecular flexibility index (Phi) is 4.58. The van der Waals surface area contributed by atoms with Crippen LogP contribution in [0.3, 0.4) is 0 Å². The number of carbonyl (C=O) groups excluding carboxylic acids is 1. The molecule has 2 rings (SSSR count). The number of nitrogens with zero attached hydrogens (tertiary/aromatic N) is 1. The minimum atomic E-state index is -0.787. The van der Waals surface area contributed by atoms with Gasteiger partial charge in [0.25, 0.3) is 5.91 Å². The van der Waals surface area contributed by atoms with E-state index in [-0.39, 0.29) is 18.4 Å². The van der Waals surface area contributed by atoms with Gasteiger partial charge in [0.1, 0.15) is 0 Å². The van der Waals surface area contributed by atoms with Gasteiger partial charge in [0.2, 0.25) is 0 Å². The molecule has 0 spiro atoms. The van der Waals surface area contributed by atoms with Gasteiger partial charge < -0.3 is 10.0 Å². The van der Waals surface area contributed by atoms with Crippen LogP contribution in [0.2, 0.25) is 0 Å². The smallest absolute Gasteiger partial charge is 0.303 e. The Labute approximate surface area is 117 Å². The zero-order chi connectivity index (χ0) is 13.8. The first kappa shape index (κ1) is 14.1. The van der Waals surface area contributed by atoms with E-state index in [1.807, 2.05) is 23.3 Å². The quantitative estimate of drug-likeness (QED) is 0.923. The Bertz CT molecular complexity index is 469. The van der Waals surface area contributed by atoms with Gasteiger partial charge in [0.05, 0.1) is 4.88 Å². The van der Waals surface area contributed by atoms with Crippen molar-refractivity contribution in [1.29, 1.82) is 0 Å². The van der Waals surface area contributed by atoms with Gasteiger partial charge in [-0.1, -0.05) is 0 Å². The van der Waals surface area contributed by atoms with E-state index in [0.29, 0.717) is 6.42 Å². The second-order valence-electron chi connectivity index (χ2n) is 5.01. The number of likely N-dealkylation sites (tertiary alicyclic amines) is 1. The summed E-state index contributed by atoms with van der Waals surface area (Å²) in [5.74, 6) is -0.715. The van der Waals surface area contributed by atoms with E-state index >= 15 is 0 Å². The molecular formula is C14H19NO3S. The summed E-state index contributed by atoms with van der Waals surface area (Å²) < 4.78 is 0. The number of hydrogen-bond donors (Lipinski definition) is 1. The molecule has 1 unspecified atom stereocenters. The van der Waals surface area contributed by atoms with Gasteiger partial charge in [0, 0.05) is 19.0 Å². The highest BCUT2D eigenvalue weighted by Crippen LogP contribution is 2.26. The third-order valence-corrected chi connectivity index (χ3v) is 4.64. The Morgan fingerprint density at radius 2 is 2.26 bits per heavy atom. The van der Waals surface area contributed by atoms with Crippen molar-refractivity contribution >= 4 is 23.2 Å². The van der Waals surface area contributed by atoms with Gasteiger partial charge >= 0.3 is 5.97 Å². The van der Waals surface area contributed by atoms with Gasteiger partial charge in [-0.05, 0) is 49.6 Å². The average Bonchev–Trinajstić information content (AvgIpc) is 2.82. The van der Waals surface area contributed by atoms with Crippen LogP contribution in [-0.2, 0) is 4.79 Å². The van der Waals surface area contributed by atoms with Crippen LogP contribution < -0.4 is 0 Å². The monoisotopic (exact) mass is 281 g/mol. The van der Waals surface area contributed by atoms with Crippen molar-refractivity contribution in [3.8, 4) is 0 Å². The van der Waals surface area contributed by atoms with Crippen molar-refractivity contribution in [2.45, 2.75) is 45.1 Å². The fourth-order valence-corrected chi connectivity index (χ4v) is 3.46. The van der Waals surface area contributed by atoms with Crippen LogP contribution in [-0.4, -0.2) is 34.5 Å². The number of rotatable bonds is 4. The summed E-state index contributed by atoms with van der Waals surface area (Å²) in [5, 5.41) is 10.7. The minimum absolute atomic E-state index is 0.0718. The van der Waals surface area contributed by atoms with Crippen molar-refractivity contribution in [2.24, 2.45) is 0 Å². The average molecular weight is 281 g/mol. The number of aliphatic carboxylic acids is 1. The molecule has 0 saturated carbocycles. The summed E-state index contributed by atoms with van der Waals surface area (Å²) in [5.41, 5.74) is 1.01. The van der Waals surface area contributed by atoms with Gasteiger partial charge in [-0.15, -0.1) is 11.3 Å². The van der Waals surface area contributed by atoms with Gasteiger partial charge in [-0.25, -0.2) is 0 Å². The number of hydrogen-bond acceptors (Lipinski definition) is 3. The van der Waals surface area contributed by atoms with E-state index in [4.69, 9.17) is 5.11 Å². The van der Waals surface area contributed by atoms with E-state index in [1.165, 1.54) is 11.3 Å². The molecule has 1 saturated heterocycles. The topological polar surface area (TPSA) is 57.6 Å². The maximum atomic E-state index is 12.5. The molecule has 5 heteroatoms. The molecule has 19 heavy (non-hydrogen) atoms. The lowest BCUT2D eigenvalue weighted by atomic mass is 9.97. The number of piperidine rings is 1. The van der Waals surface area contributed by atoms with Crippen molar-refractivity contribution in [3.63, 3.8) is 0 Å². The van der Waals surface area contributed by atoms with E-state index in [1.54, 1.807) is 0 Å². The van der Waals surface area contributed by atoms with Crippen molar-refractivity contribution in [3.05, 3.63) is 21.9 Å². The van der Waals surface area contributed by atoms with Crippen molar-refractivity contribution < 1.29 is 14.7 Å². The molecule has 1 N–H and O–H groups in total. The molecule has 0 radical (unpaired) electrons. The van der Waals surface area contributed by atoms with Crippen LogP contribution >= 0.6 is 11.3 Å². The number of carboxylic acids is 1. The second-order valence-corrected chi connectivity index (χ2v) is 5.93. The normalized spacial score (nSPS) is 19.4. The van der Waals surface area contributed by atoms with Gasteiger partial charge in [-0.2, -0.15) is 0 Å². The van der Waals surface area contributed by atoms with Crippen LogP contribution in [0.5, 0.6) is 0 Å². The second kappa shape index (κ2) is 6.19. The molecule has 4 nitrogen and oxygen atoms in total. The highest BCUT2D eigenvalue weighted by molar-refractivity contribution is 7.12. The molecule has 0 bridgehead atoms. The molecule has 0 aromatic carbocycles. The molecule has 1 amide bonds. The molecule has 1 atom stereocenters. The summed E-state index contributed by atoms with van der Waals surface area (Å²) in [7, 11) is 0. The van der Waals surface area contributed by atoms with Crippen LogP contribution in [0.1, 0.15) is 47.3 Å². The predicted molar refractivity (Wildman–Crippen MR) is 74.6 cm³/mol. The van der Waals surface area contributed by atoms with E-state index in [2.05, 4.69) is 0 Å². The number of carboxylic acid groups (broad SMARTS) is 1. The molecule has 0 aliphatic carbocycles. The van der Waals surface area contributed by atoms with Crippen LogP contribution in [0.25, 0.3) is 0 Å². The Hall–Kier alpha value is -1.36. The summed E-state index contributed by atoms with van der Waals surface area (Å²) >= 11 is 1.47. The maximum Gasteiger partial charge on any atom is 0.303 e. The van der Waals surface area contributed by atoms with E-state index in [9.17, 15) is 9.59 Å². The number of carbonyl (C=O) groups is 2. The molecule has 1 aromatic rings. The Morgan fingerprint density at radius 3 is 2.89 bits per heavy atom. The van der Waals surface area contributed by atoms with E-state index < -0.39 is 5.97 Å². The molecule has 1 aliphatic rings. The first-order valence-electron chi connectivity index (χ1n) is 6.66. The number of aryl methyl sites for hydroxylation is 1. The third-order valence-electron chi connectivity index (χ3n) is 3.64. The molecule has 104 valence electrons. The highest BCUT2D eigenvalue weighted by atomic mass is 32.1. The van der Waals surface area contributed by atoms with Crippen LogP contribution in [0.15, 0.2) is 11.4 Å². The lowest BCUT2D eigenvalue weighted by Gasteiger charge is -2.35. The van der Waals surface area contributed by atoms with Crippen molar-refractivity contribution in [2.75, 3.05) is 6.54 Å². The fraction of sp³-hybridized carbons (Fsp3) is 0.571. The van der Waals surface area contributed by atoms with Gasteiger partial charge in [0.15, 0.2) is 0 Å². The fourth-order valence-electron chi connectivity index (χ4n) is 2.58. The lowest BCUT2D eigenvalue weighted by molar-refractivity contribution is -0.137. The summed E-state index contributed by atoms with van der Waals surface area (Å²) in [6.45, 7) is 2.69. The minimum Gasteiger partial charge on any atom is -0.481 e. The first-order valence-corrected chi connectivity index (χ1v) is 7.54. The standard InChI is InChI=1S/C14H19NO3S/c1-10-7-9-19-13(10)14(18)15-8-3-2-4-11(15)5-6-12(16)17/h7,9,11H,2-6,8H2,1H3,(H,16,17). The molecule has 1 aromatic heterocycles. The van der Waals surface area contributed by atoms with Crippen molar-refractivity contribution in [1.82, 2.24) is 4.90 Å². The van der Waals surface area contributed by atoms with E-state index in [0.717, 1.165) is 36.2 Å².